The van der Waals surface area contributed by atoms with E-state index in [2.05, 4.69) is 50.9 Å². The Labute approximate surface area is 99.6 Å². The average Bonchev–Trinajstić information content (AvgIpc) is 2.00. The lowest BCUT2D eigenvalue weighted by molar-refractivity contribution is 0.254. The van der Waals surface area contributed by atoms with Gasteiger partial charge in [-0.05, 0) is 19.4 Å². The molecule has 0 aromatic carbocycles. The molecule has 0 fully saturated rings. The number of nitrogens with one attached hydrogen (secondary N) is 1. The molecule has 1 N–H and O–H groups in total. The molecule has 1 unspecified atom stereocenters. The highest BCUT2D eigenvalue weighted by Crippen LogP contribution is 2.22. The highest BCUT2D eigenvalue weighted by Gasteiger charge is 2.25. The zero-order valence-corrected chi connectivity index (χ0v) is 11.9. The highest BCUT2D eigenvalue weighted by atomic mass is 32.2. The smallest absolute Gasteiger partial charge is 0.0442 e. The summed E-state index contributed by atoms with van der Waals surface area (Å²) < 4.78 is 2.30. The van der Waals surface area contributed by atoms with Crippen molar-refractivity contribution in [1.82, 2.24) is 9.62 Å². The van der Waals surface area contributed by atoms with Crippen LogP contribution in [0.1, 0.15) is 34.6 Å². The molecule has 0 heterocycles. The third-order valence-corrected chi connectivity index (χ3v) is 3.10. The van der Waals surface area contributed by atoms with Crippen LogP contribution in [0.2, 0.25) is 0 Å². The maximum absolute atomic E-state index is 3.93. The first-order valence-corrected chi connectivity index (χ1v) is 6.47. The van der Waals surface area contributed by atoms with Crippen LogP contribution in [0.15, 0.2) is 12.3 Å². The maximum atomic E-state index is 3.93. The largest absolute Gasteiger partial charge is 0.384 e. The minimum atomic E-state index is 0.251. The molecule has 0 aliphatic heterocycles. The first-order valence-electron chi connectivity index (χ1n) is 5.53. The van der Waals surface area contributed by atoms with Gasteiger partial charge >= 0.3 is 0 Å². The molecule has 0 aliphatic rings. The quantitative estimate of drug-likeness (QED) is 0.706. The van der Waals surface area contributed by atoms with E-state index in [0.29, 0.717) is 6.04 Å². The van der Waals surface area contributed by atoms with Crippen molar-refractivity contribution in [1.29, 1.82) is 0 Å². The van der Waals surface area contributed by atoms with Crippen LogP contribution in [0, 0.1) is 5.41 Å². The van der Waals surface area contributed by atoms with Gasteiger partial charge in [-0.15, -0.1) is 0 Å². The van der Waals surface area contributed by atoms with Crippen molar-refractivity contribution < 1.29 is 0 Å². The van der Waals surface area contributed by atoms with Crippen LogP contribution in [0.25, 0.3) is 0 Å². The fourth-order valence-electron chi connectivity index (χ4n) is 1.36. The molecule has 2 nitrogen and oxygen atoms in total. The van der Waals surface area contributed by atoms with Gasteiger partial charge in [0.15, 0.2) is 0 Å². The molecule has 0 aliphatic carbocycles. The monoisotopic (exact) mass is 230 g/mol. The van der Waals surface area contributed by atoms with E-state index in [-0.39, 0.29) is 5.41 Å². The van der Waals surface area contributed by atoms with Gasteiger partial charge in [0.2, 0.25) is 0 Å². The van der Waals surface area contributed by atoms with E-state index in [1.165, 1.54) is 0 Å². The van der Waals surface area contributed by atoms with Gasteiger partial charge in [0.25, 0.3) is 0 Å². The Morgan fingerprint density at radius 1 is 1.47 bits per heavy atom. The lowest BCUT2D eigenvalue weighted by Crippen LogP contribution is -2.45. The number of hydrogen-bond acceptors (Lipinski definition) is 3. The third kappa shape index (κ3) is 6.85. The zero-order valence-electron chi connectivity index (χ0n) is 11.1. The SMILES string of the molecule is C=C(C)NC(CN(C)SCC)C(C)(C)C. The van der Waals surface area contributed by atoms with Gasteiger partial charge in [-0.1, -0.05) is 46.2 Å². The number of allylic oxidation sites excluding steroid dienone is 1. The van der Waals surface area contributed by atoms with Gasteiger partial charge in [-0.25, -0.2) is 0 Å². The fourth-order valence-corrected chi connectivity index (χ4v) is 2.06. The molecule has 0 saturated heterocycles. The van der Waals surface area contributed by atoms with E-state index in [1.807, 2.05) is 18.9 Å². The van der Waals surface area contributed by atoms with Crippen LogP contribution in [0.3, 0.4) is 0 Å². The predicted molar refractivity (Wildman–Crippen MR) is 72.0 cm³/mol. The molecule has 0 aromatic rings. The molecule has 0 bridgehead atoms. The van der Waals surface area contributed by atoms with E-state index in [4.69, 9.17) is 0 Å². The minimum absolute atomic E-state index is 0.251. The lowest BCUT2D eigenvalue weighted by Gasteiger charge is -2.35. The Morgan fingerprint density at radius 3 is 2.33 bits per heavy atom. The van der Waals surface area contributed by atoms with Crippen molar-refractivity contribution in [3.8, 4) is 0 Å². The summed E-state index contributed by atoms with van der Waals surface area (Å²) in [4.78, 5) is 0. The van der Waals surface area contributed by atoms with Crippen LogP contribution in [0.4, 0.5) is 0 Å². The second-order valence-corrected chi connectivity index (χ2v) is 6.53. The molecule has 1 atom stereocenters. The number of hydrogen-bond donors (Lipinski definition) is 1. The summed E-state index contributed by atoms with van der Waals surface area (Å²) in [7, 11) is 2.15. The Bertz CT molecular complexity index is 196. The summed E-state index contributed by atoms with van der Waals surface area (Å²) >= 11 is 1.87. The normalized spacial score (nSPS) is 14.1. The van der Waals surface area contributed by atoms with Crippen LogP contribution >= 0.6 is 11.9 Å². The number of nitrogens with zero attached hydrogens (tertiary/aromatic N) is 1. The molecule has 0 saturated carbocycles. The maximum Gasteiger partial charge on any atom is 0.0442 e. The van der Waals surface area contributed by atoms with E-state index < -0.39 is 0 Å². The molecule has 15 heavy (non-hydrogen) atoms. The molecule has 0 aromatic heterocycles. The van der Waals surface area contributed by atoms with Gasteiger partial charge in [-0.2, -0.15) is 0 Å². The van der Waals surface area contributed by atoms with E-state index >= 15 is 0 Å². The van der Waals surface area contributed by atoms with Crippen molar-refractivity contribution >= 4 is 11.9 Å². The van der Waals surface area contributed by atoms with Crippen molar-refractivity contribution in [3.05, 3.63) is 12.3 Å². The molecule has 0 amide bonds. The lowest BCUT2D eigenvalue weighted by atomic mass is 9.86. The summed E-state index contributed by atoms with van der Waals surface area (Å²) in [6, 6.07) is 0.444. The van der Waals surface area contributed by atoms with E-state index in [1.54, 1.807) is 0 Å². The van der Waals surface area contributed by atoms with E-state index in [0.717, 1.165) is 18.0 Å². The van der Waals surface area contributed by atoms with Gasteiger partial charge in [-0.3, -0.25) is 4.31 Å². The zero-order chi connectivity index (χ0) is 12.1. The van der Waals surface area contributed by atoms with Crippen molar-refractivity contribution in [3.63, 3.8) is 0 Å². The van der Waals surface area contributed by atoms with E-state index in [9.17, 15) is 0 Å². The van der Waals surface area contributed by atoms with Gasteiger partial charge in [0.05, 0.1) is 0 Å². The predicted octanol–water partition coefficient (Wildman–Crippen LogP) is 3.12. The average molecular weight is 230 g/mol. The van der Waals surface area contributed by atoms with Gasteiger partial charge in [0, 0.05) is 24.0 Å². The summed E-state index contributed by atoms with van der Waals surface area (Å²) in [5.74, 6) is 1.13. The standard InChI is InChI=1S/C12H26N2S/c1-8-15-14(7)9-11(12(4,5)6)13-10(2)3/h11,13H,2,8-9H2,1,3-7H3. The van der Waals surface area contributed by atoms with Crippen molar-refractivity contribution in [2.45, 2.75) is 40.7 Å². The molecular formula is C12H26N2S. The summed E-state index contributed by atoms with van der Waals surface area (Å²) in [6.45, 7) is 15.9. The summed E-state index contributed by atoms with van der Waals surface area (Å²) in [6.07, 6.45) is 0. The molecule has 90 valence electrons. The Kier molecular flexibility index (Phi) is 6.37. The molecule has 0 spiro atoms. The van der Waals surface area contributed by atoms with Crippen LogP contribution in [-0.2, 0) is 0 Å². The second kappa shape index (κ2) is 6.44. The van der Waals surface area contributed by atoms with Crippen LogP contribution in [0.5, 0.6) is 0 Å². The summed E-state index contributed by atoms with van der Waals surface area (Å²) in [5, 5.41) is 3.46. The minimum Gasteiger partial charge on any atom is -0.384 e. The number of rotatable bonds is 6. The highest BCUT2D eigenvalue weighted by molar-refractivity contribution is 7.96. The van der Waals surface area contributed by atoms with Crippen LogP contribution < -0.4 is 5.32 Å². The molecular weight excluding hydrogens is 204 g/mol. The molecule has 0 rings (SSSR count). The molecule has 3 heteroatoms. The van der Waals surface area contributed by atoms with Crippen LogP contribution in [-0.4, -0.2) is 29.7 Å². The van der Waals surface area contributed by atoms with Gasteiger partial charge in [0.1, 0.15) is 0 Å². The Hall–Kier alpha value is -0.150. The van der Waals surface area contributed by atoms with Crippen molar-refractivity contribution in [2.24, 2.45) is 5.41 Å². The fraction of sp³-hybridized carbons (Fsp3) is 0.833. The Morgan fingerprint density at radius 2 is 2.00 bits per heavy atom. The van der Waals surface area contributed by atoms with Gasteiger partial charge < -0.3 is 5.32 Å². The third-order valence-electron chi connectivity index (χ3n) is 2.26. The first kappa shape index (κ1) is 14.8. The van der Waals surface area contributed by atoms with Crippen molar-refractivity contribution in [2.75, 3.05) is 19.3 Å². The second-order valence-electron chi connectivity index (χ2n) is 5.07. The summed E-state index contributed by atoms with van der Waals surface area (Å²) in [5.41, 5.74) is 1.30. The molecule has 0 radical (unpaired) electrons. The Balaban J connectivity index is 4.31. The first-order chi connectivity index (χ1) is 6.77. The topological polar surface area (TPSA) is 15.3 Å². The number of likely N-dealkylation sites (N-methyl/N-ethyl adjacent to an activating group) is 1.